The van der Waals surface area contributed by atoms with Crippen LogP contribution in [-0.4, -0.2) is 128 Å². The molecule has 6 bridgehead atoms. The van der Waals surface area contributed by atoms with Crippen LogP contribution in [0.4, 0.5) is 11.6 Å². The largest absolute Gasteiger partial charge is 0.508 e. The van der Waals surface area contributed by atoms with E-state index in [1.54, 1.807) is 41.4 Å². The topological polar surface area (TPSA) is 216 Å². The number of aromatic nitrogens is 7. The highest BCUT2D eigenvalue weighted by atomic mass is 16.5. The lowest BCUT2D eigenvalue weighted by Gasteiger charge is -2.22. The molecule has 0 radical (unpaired) electrons. The standard InChI is InChI=1S/C51H61N11O8/c1-35(2)43-29-44(36(3)28-47(43)63)46-32-55-51(66)61(46)39-8-13-42(14-9-39)69-22-4-17-52-49(65)33-53-48(64)16-23-67-26-27-68-24-20-59-18-5-19-60-34-38(30-56-60)57-50-54-31-40-10-15-45(62(40)58-50)37-6-11-41(12-7-37)70-25-21-59/h6-15,28-32,34-35,63H,4-5,16-27,33H2,1-3H3,(H,52,65)(H,53,64)(H,55,66)(H,57,58). The quantitative estimate of drug-likeness (QED) is 0.0604. The number of aromatic amines is 1. The monoisotopic (exact) mass is 955 g/mol. The summed E-state index contributed by atoms with van der Waals surface area (Å²) in [7, 11) is 0. The van der Waals surface area contributed by atoms with Gasteiger partial charge in [-0.1, -0.05) is 13.8 Å². The number of anilines is 2. The number of rotatable bonds is 19. The van der Waals surface area contributed by atoms with Crippen LogP contribution in [0.1, 0.15) is 50.2 Å². The van der Waals surface area contributed by atoms with E-state index in [0.29, 0.717) is 75.6 Å². The fourth-order valence-corrected chi connectivity index (χ4v) is 8.13. The zero-order valence-electron chi connectivity index (χ0n) is 39.9. The molecule has 0 fully saturated rings. The van der Waals surface area contributed by atoms with Gasteiger partial charge in [0.2, 0.25) is 17.8 Å². The Morgan fingerprint density at radius 3 is 2.51 bits per heavy atom. The molecule has 2 aliphatic rings. The van der Waals surface area contributed by atoms with E-state index in [4.69, 9.17) is 24.0 Å². The van der Waals surface area contributed by atoms with Crippen LogP contribution < -0.4 is 31.1 Å². The molecule has 19 heteroatoms. The predicted octanol–water partition coefficient (Wildman–Crippen LogP) is 5.83. The van der Waals surface area contributed by atoms with Gasteiger partial charge in [-0.25, -0.2) is 14.3 Å². The van der Waals surface area contributed by atoms with Gasteiger partial charge in [0.05, 0.1) is 80.3 Å². The summed E-state index contributed by atoms with van der Waals surface area (Å²) in [6.07, 6.45) is 8.74. The van der Waals surface area contributed by atoms with Gasteiger partial charge in [0, 0.05) is 62.7 Å². The number of nitrogens with zero attached hydrogens (tertiary/aromatic N) is 7. The lowest BCUT2D eigenvalue weighted by molar-refractivity contribution is -0.126. The van der Waals surface area contributed by atoms with Gasteiger partial charge in [0.15, 0.2) is 0 Å². The van der Waals surface area contributed by atoms with Gasteiger partial charge >= 0.3 is 5.69 Å². The highest BCUT2D eigenvalue weighted by Gasteiger charge is 2.18. The molecule has 19 nitrogen and oxygen atoms in total. The van der Waals surface area contributed by atoms with E-state index in [1.165, 1.54) is 0 Å². The highest BCUT2D eigenvalue weighted by Crippen LogP contribution is 2.34. The second kappa shape index (κ2) is 23.7. The first-order valence-corrected chi connectivity index (χ1v) is 23.7. The number of hydrogen-bond acceptors (Lipinski definition) is 13. The number of carbonyl (C=O) groups is 2. The third-order valence-electron chi connectivity index (χ3n) is 11.9. The first-order chi connectivity index (χ1) is 34.1. The number of aromatic hydroxyl groups is 1. The van der Waals surface area contributed by atoms with Crippen LogP contribution in [0.25, 0.3) is 33.7 Å². The molecule has 0 aliphatic carbocycles. The van der Waals surface area contributed by atoms with E-state index in [0.717, 1.165) is 71.0 Å². The highest BCUT2D eigenvalue weighted by molar-refractivity contribution is 5.84. The lowest BCUT2D eigenvalue weighted by atomic mass is 9.95. The van der Waals surface area contributed by atoms with Crippen LogP contribution in [0.15, 0.2) is 102 Å². The zero-order chi connectivity index (χ0) is 48.8. The summed E-state index contributed by atoms with van der Waals surface area (Å²) < 4.78 is 28.9. The zero-order valence-corrected chi connectivity index (χ0v) is 39.9. The third kappa shape index (κ3) is 13.0. The van der Waals surface area contributed by atoms with Crippen LogP contribution in [0.2, 0.25) is 0 Å². The Hall–Kier alpha value is -7.48. The number of H-pyrrole nitrogens is 1. The second-order valence-corrected chi connectivity index (χ2v) is 17.3. The van der Waals surface area contributed by atoms with Gasteiger partial charge in [-0.3, -0.25) is 23.7 Å². The summed E-state index contributed by atoms with van der Waals surface area (Å²) in [5, 5.41) is 28.4. The average molecular weight is 956 g/mol. The molecule has 0 spiro atoms. The normalized spacial score (nSPS) is 13.1. The molecule has 0 saturated carbocycles. The minimum Gasteiger partial charge on any atom is -0.508 e. The maximum atomic E-state index is 12.9. The number of fused-ring (bicyclic) bond motifs is 8. The summed E-state index contributed by atoms with van der Waals surface area (Å²) in [5.41, 5.74) is 7.25. The molecular formula is C51H61N11O8. The van der Waals surface area contributed by atoms with E-state index >= 15 is 0 Å². The first-order valence-electron chi connectivity index (χ1n) is 23.7. The van der Waals surface area contributed by atoms with Crippen molar-refractivity contribution in [3.63, 3.8) is 0 Å². The van der Waals surface area contributed by atoms with E-state index in [2.05, 4.69) is 35.9 Å². The predicted molar refractivity (Wildman–Crippen MR) is 265 cm³/mol. The number of hydrogen-bond donors (Lipinski definition) is 5. The molecule has 2 amide bonds. The van der Waals surface area contributed by atoms with Crippen molar-refractivity contribution in [1.82, 2.24) is 49.5 Å². The number of aryl methyl sites for hydroxylation is 2. The smallest absolute Gasteiger partial charge is 0.330 e. The van der Waals surface area contributed by atoms with Gasteiger partial charge in [0.1, 0.15) is 23.9 Å². The average Bonchev–Trinajstić information content (AvgIpc) is 4.09. The molecular weight excluding hydrogens is 895 g/mol. The molecule has 0 saturated heterocycles. The lowest BCUT2D eigenvalue weighted by Crippen LogP contribution is -2.37. The molecule has 0 unspecified atom stereocenters. The van der Waals surface area contributed by atoms with Gasteiger partial charge in [-0.15, -0.1) is 5.10 Å². The molecule has 70 heavy (non-hydrogen) atoms. The number of benzene rings is 3. The van der Waals surface area contributed by atoms with Gasteiger partial charge in [-0.05, 0) is 110 Å². The van der Waals surface area contributed by atoms with Crippen molar-refractivity contribution in [3.8, 4) is 45.5 Å². The number of phenolic OH excluding ortho intramolecular Hbond substituents is 1. The Morgan fingerprint density at radius 2 is 1.70 bits per heavy atom. The Kier molecular flexibility index (Phi) is 16.6. The van der Waals surface area contributed by atoms with Crippen molar-refractivity contribution in [3.05, 3.63) is 119 Å². The number of nitrogens with one attached hydrogen (secondary N) is 4. The van der Waals surface area contributed by atoms with Crippen LogP contribution >= 0.6 is 0 Å². The molecule has 6 heterocycles. The molecule has 7 aromatic rings. The van der Waals surface area contributed by atoms with E-state index in [-0.39, 0.29) is 48.7 Å². The Balaban J connectivity index is 0.680. The van der Waals surface area contributed by atoms with Crippen LogP contribution in [0, 0.1) is 6.92 Å². The SMILES string of the molecule is Cc1cc(O)c(C(C)C)cc1-c1c[nH]c(=O)n1-c1ccc(OCCCNC(=O)CNC(=O)CCOCCOCCN2CCCn3cc(cn3)Nc3ncc4ccc(n4n3)-c3ccc(cc3)OCC2)cc1. The van der Waals surface area contributed by atoms with Crippen molar-refractivity contribution in [2.75, 3.05) is 77.7 Å². The van der Waals surface area contributed by atoms with Crippen LogP contribution in [0.3, 0.4) is 0 Å². The fourth-order valence-electron chi connectivity index (χ4n) is 8.13. The van der Waals surface area contributed by atoms with Gasteiger partial charge in [-0.2, -0.15) is 5.10 Å². The second-order valence-electron chi connectivity index (χ2n) is 17.3. The summed E-state index contributed by atoms with van der Waals surface area (Å²) in [6.45, 7) is 11.5. The number of imidazole rings is 1. The van der Waals surface area contributed by atoms with Crippen LogP contribution in [0.5, 0.6) is 17.2 Å². The van der Waals surface area contributed by atoms with E-state index in [1.807, 2.05) is 90.8 Å². The maximum absolute atomic E-state index is 12.9. The van der Waals surface area contributed by atoms with E-state index < -0.39 is 0 Å². The van der Waals surface area contributed by atoms with Crippen molar-refractivity contribution < 1.29 is 33.6 Å². The molecule has 0 atom stereocenters. The number of phenols is 1. The minimum atomic E-state index is -0.299. The number of amides is 2. The van der Waals surface area contributed by atoms with Gasteiger partial charge < -0.3 is 45.0 Å². The van der Waals surface area contributed by atoms with Gasteiger partial charge in [0.25, 0.3) is 0 Å². The van der Waals surface area contributed by atoms with Crippen molar-refractivity contribution >= 4 is 29.0 Å². The summed E-state index contributed by atoms with van der Waals surface area (Å²) in [4.78, 5) is 47.2. The molecule has 2 aliphatic heterocycles. The maximum Gasteiger partial charge on any atom is 0.330 e. The van der Waals surface area contributed by atoms with Crippen LogP contribution in [-0.2, 0) is 25.6 Å². The Labute approximate surface area is 405 Å². The number of carbonyl (C=O) groups excluding carboxylic acids is 2. The van der Waals surface area contributed by atoms with Crippen molar-refractivity contribution in [1.29, 1.82) is 0 Å². The summed E-state index contributed by atoms with van der Waals surface area (Å²) >= 11 is 0. The molecule has 9 rings (SSSR count). The Bertz CT molecular complexity index is 2890. The fraction of sp³-hybridized carbons (Fsp3) is 0.373. The third-order valence-corrected chi connectivity index (χ3v) is 11.9. The molecule has 368 valence electrons. The summed E-state index contributed by atoms with van der Waals surface area (Å²) in [5.74, 6) is 1.66. The minimum absolute atomic E-state index is 0.110. The summed E-state index contributed by atoms with van der Waals surface area (Å²) in [6, 6.07) is 22.9. The molecule has 5 N–H and O–H groups in total. The molecule has 3 aromatic carbocycles. The van der Waals surface area contributed by atoms with Crippen molar-refractivity contribution in [2.45, 2.75) is 52.5 Å². The van der Waals surface area contributed by atoms with Crippen molar-refractivity contribution in [2.24, 2.45) is 0 Å². The number of ether oxygens (including phenoxy) is 4. The first kappa shape index (κ1) is 49.0. The molecule has 4 aromatic heterocycles. The Morgan fingerprint density at radius 1 is 0.886 bits per heavy atom. The van der Waals surface area contributed by atoms with E-state index in [9.17, 15) is 19.5 Å².